The molecule has 186 valence electrons. The Kier molecular flexibility index (Phi) is 9.13. The van der Waals surface area contributed by atoms with Crippen LogP contribution in [0, 0.1) is 0 Å². The predicted octanol–water partition coefficient (Wildman–Crippen LogP) is 7.40. The summed E-state index contributed by atoms with van der Waals surface area (Å²) in [5, 5.41) is 5.45. The van der Waals surface area contributed by atoms with Gasteiger partial charge in [-0.1, -0.05) is 0 Å². The maximum absolute atomic E-state index is 2.30. The monoisotopic (exact) mass is 694 g/mol. The molecule has 0 aliphatic carbocycles. The van der Waals surface area contributed by atoms with Gasteiger partial charge < -0.3 is 0 Å². The molecule has 0 fully saturated rings. The van der Waals surface area contributed by atoms with Crippen LogP contribution in [0.15, 0.2) is 143 Å². The van der Waals surface area contributed by atoms with E-state index in [4.69, 9.17) is 0 Å². The molecule has 0 aliphatic rings. The van der Waals surface area contributed by atoms with E-state index in [9.17, 15) is 0 Å². The van der Waals surface area contributed by atoms with Gasteiger partial charge in [0, 0.05) is 0 Å². The third-order valence-electron chi connectivity index (χ3n) is 5.87. The maximum atomic E-state index is 2.30. The Balaban J connectivity index is 1.20. The minimum absolute atomic E-state index is 0.282. The van der Waals surface area contributed by atoms with Crippen molar-refractivity contribution in [1.82, 2.24) is 0 Å². The Bertz CT molecular complexity index is 1540. The van der Waals surface area contributed by atoms with Crippen molar-refractivity contribution >= 4 is 111 Å². The van der Waals surface area contributed by atoms with E-state index >= 15 is 0 Å². The fourth-order valence-electron chi connectivity index (χ4n) is 4.19. The number of hydrogen-bond acceptors (Lipinski definition) is 4. The average molecular weight is 693 g/mol. The molecule has 0 radical (unpaired) electrons. The van der Waals surface area contributed by atoms with Gasteiger partial charge in [-0.15, -0.1) is 0 Å². The topological polar surface area (TPSA) is 0 Å². The van der Waals surface area contributed by atoms with Crippen LogP contribution in [0.3, 0.4) is 0 Å². The Morgan fingerprint density at radius 1 is 0.368 bits per heavy atom. The summed E-state index contributed by atoms with van der Waals surface area (Å²) in [6, 6.07) is 48.6. The van der Waals surface area contributed by atoms with E-state index in [1.807, 2.05) is 41.2 Å². The van der Waals surface area contributed by atoms with Crippen LogP contribution in [0.1, 0.15) is 0 Å². The summed E-state index contributed by atoms with van der Waals surface area (Å²) in [6.45, 7) is 0. The minimum atomic E-state index is 0.282. The SMILES string of the molecule is c1ccc([Se]c2cccc3cccc(SSSSc4cccc5cccc([Se]c6ccccc6)c45)c23)cc1. The van der Waals surface area contributed by atoms with Crippen molar-refractivity contribution in [2.24, 2.45) is 0 Å². The molecule has 0 aliphatic heterocycles. The average Bonchev–Trinajstić information content (AvgIpc) is 2.97. The number of rotatable bonds is 9. The molecule has 6 rings (SSSR count). The van der Waals surface area contributed by atoms with Crippen LogP contribution in [0.4, 0.5) is 0 Å². The summed E-state index contributed by atoms with van der Waals surface area (Å²) in [5.41, 5.74) is 0. The second kappa shape index (κ2) is 13.1. The van der Waals surface area contributed by atoms with Gasteiger partial charge in [0.15, 0.2) is 0 Å². The molecule has 0 amide bonds. The first kappa shape index (κ1) is 26.5. The predicted molar refractivity (Wildman–Crippen MR) is 178 cm³/mol. The molecule has 0 nitrogen and oxygen atoms in total. The van der Waals surface area contributed by atoms with Crippen molar-refractivity contribution in [3.05, 3.63) is 133 Å². The van der Waals surface area contributed by atoms with E-state index < -0.39 is 0 Å². The first-order chi connectivity index (χ1) is 18.8. The summed E-state index contributed by atoms with van der Waals surface area (Å²) in [6.07, 6.45) is 0. The van der Waals surface area contributed by atoms with Gasteiger partial charge in [0.05, 0.1) is 0 Å². The molecule has 0 heterocycles. The van der Waals surface area contributed by atoms with Crippen LogP contribution in [0.5, 0.6) is 0 Å². The van der Waals surface area contributed by atoms with Crippen molar-refractivity contribution in [1.29, 1.82) is 0 Å². The molecule has 0 atom stereocenters. The summed E-state index contributed by atoms with van der Waals surface area (Å²) in [5.74, 6) is 0. The zero-order valence-corrected chi connectivity index (χ0v) is 26.8. The Morgan fingerprint density at radius 3 is 1.18 bits per heavy atom. The first-order valence-electron chi connectivity index (χ1n) is 12.0. The molecule has 38 heavy (non-hydrogen) atoms. The van der Waals surface area contributed by atoms with Crippen LogP contribution in [0.25, 0.3) is 21.5 Å². The molecule has 0 spiro atoms. The van der Waals surface area contributed by atoms with Crippen LogP contribution in [-0.2, 0) is 0 Å². The Hall–Kier alpha value is -1.72. The van der Waals surface area contributed by atoms with Crippen molar-refractivity contribution < 1.29 is 0 Å². The molecule has 0 unspecified atom stereocenters. The molecule has 0 saturated carbocycles. The Morgan fingerprint density at radius 2 is 0.763 bits per heavy atom. The molecule has 6 heteroatoms. The summed E-state index contributed by atoms with van der Waals surface area (Å²) < 4.78 is 5.72. The van der Waals surface area contributed by atoms with E-state index in [0.29, 0.717) is 0 Å². The fourth-order valence-corrected chi connectivity index (χ4v) is 14.6. The van der Waals surface area contributed by atoms with Gasteiger partial charge in [-0.25, -0.2) is 0 Å². The van der Waals surface area contributed by atoms with E-state index in [2.05, 4.69) is 133 Å². The number of benzene rings is 6. The van der Waals surface area contributed by atoms with E-state index in [-0.39, 0.29) is 29.9 Å². The van der Waals surface area contributed by atoms with Crippen molar-refractivity contribution in [2.75, 3.05) is 0 Å². The van der Waals surface area contributed by atoms with Crippen LogP contribution < -0.4 is 17.8 Å². The number of hydrogen-bond donors (Lipinski definition) is 0. The molecule has 0 aromatic heterocycles. The first-order valence-corrected chi connectivity index (χ1v) is 20.3. The van der Waals surface area contributed by atoms with Crippen LogP contribution in [0.2, 0.25) is 0 Å². The van der Waals surface area contributed by atoms with Crippen LogP contribution in [-0.4, -0.2) is 29.9 Å². The molecular weight excluding hydrogens is 671 g/mol. The normalized spacial score (nSPS) is 11.3. The van der Waals surface area contributed by atoms with Gasteiger partial charge in [0.25, 0.3) is 0 Å². The zero-order chi connectivity index (χ0) is 25.6. The van der Waals surface area contributed by atoms with Crippen molar-refractivity contribution in [3.8, 4) is 0 Å². The molecule has 0 saturated heterocycles. The molecule has 0 bridgehead atoms. The van der Waals surface area contributed by atoms with E-state index in [1.165, 1.54) is 49.2 Å². The van der Waals surface area contributed by atoms with Gasteiger partial charge in [0.2, 0.25) is 0 Å². The fraction of sp³-hybridized carbons (Fsp3) is 0. The van der Waals surface area contributed by atoms with Gasteiger partial charge in [-0.2, -0.15) is 0 Å². The molecule has 6 aromatic carbocycles. The molecule has 0 N–H and O–H groups in total. The number of fused-ring (bicyclic) bond motifs is 2. The van der Waals surface area contributed by atoms with Crippen molar-refractivity contribution in [3.63, 3.8) is 0 Å². The van der Waals surface area contributed by atoms with Gasteiger partial charge in [-0.3, -0.25) is 0 Å². The summed E-state index contributed by atoms with van der Waals surface area (Å²) in [7, 11) is 7.47. The van der Waals surface area contributed by atoms with E-state index in [1.54, 1.807) is 0 Å². The van der Waals surface area contributed by atoms with Crippen molar-refractivity contribution in [2.45, 2.75) is 9.79 Å². The second-order valence-electron chi connectivity index (χ2n) is 8.35. The third kappa shape index (κ3) is 6.36. The quantitative estimate of drug-likeness (QED) is 0.0880. The molecule has 6 aromatic rings. The van der Waals surface area contributed by atoms with Crippen LogP contribution >= 0.6 is 41.2 Å². The summed E-state index contributed by atoms with van der Waals surface area (Å²) in [4.78, 5) is 2.69. The summed E-state index contributed by atoms with van der Waals surface area (Å²) >= 11 is 0.563. The van der Waals surface area contributed by atoms with Gasteiger partial charge >= 0.3 is 254 Å². The van der Waals surface area contributed by atoms with E-state index in [0.717, 1.165) is 0 Å². The van der Waals surface area contributed by atoms with Gasteiger partial charge in [-0.05, 0) is 0 Å². The standard InChI is InChI=1S/C32H22S4Se2/c1-3-15-25(16-4-1)37-29-21-9-13-23-11-7-19-27(31(23)29)33-35-36-34-28-20-8-12-24-14-10-22-30(32(24)28)38-26-17-5-2-6-18-26/h1-22H. The Labute approximate surface area is 251 Å². The second-order valence-corrected chi connectivity index (χ2v) is 18.8. The third-order valence-corrected chi connectivity index (χ3v) is 16.5. The van der Waals surface area contributed by atoms with Gasteiger partial charge in [0.1, 0.15) is 0 Å². The molecular formula is C32H22S4Se2. The zero-order valence-electron chi connectivity index (χ0n) is 20.2.